The number of benzene rings is 4. The van der Waals surface area contributed by atoms with E-state index < -0.39 is 11.9 Å². The SMILES string of the molecule is O=C(O)c1ccc(SC(=O)N(Cc2ccccc2)Cc2ccc(Oc3ccccc3)cc2)cc1C(=O)O. The molecule has 0 saturated carbocycles. The van der Waals surface area contributed by atoms with Crippen LogP contribution < -0.4 is 4.74 Å². The molecule has 0 aliphatic carbocycles. The van der Waals surface area contributed by atoms with Gasteiger partial charge in [0.15, 0.2) is 0 Å². The molecule has 0 saturated heterocycles. The van der Waals surface area contributed by atoms with Crippen molar-refractivity contribution in [3.63, 3.8) is 0 Å². The fourth-order valence-corrected chi connectivity index (χ4v) is 4.39. The standard InChI is InChI=1S/C29H23NO6S/c31-27(32)25-16-15-24(17-26(25)28(33)34)37-29(35)30(18-20-7-3-1-4-8-20)19-21-11-13-23(14-12-21)36-22-9-5-2-6-10-22/h1-17H,18-19H2,(H,31,32)(H,33,34). The molecule has 0 heterocycles. The van der Waals surface area contributed by atoms with Crippen molar-refractivity contribution in [2.24, 2.45) is 0 Å². The van der Waals surface area contributed by atoms with Crippen molar-refractivity contribution >= 4 is 28.9 Å². The van der Waals surface area contributed by atoms with Crippen LogP contribution in [0.3, 0.4) is 0 Å². The van der Waals surface area contributed by atoms with Crippen LogP contribution in [-0.4, -0.2) is 32.3 Å². The van der Waals surface area contributed by atoms with Crippen molar-refractivity contribution in [2.75, 3.05) is 0 Å². The topological polar surface area (TPSA) is 104 Å². The van der Waals surface area contributed by atoms with E-state index in [2.05, 4.69) is 0 Å². The molecule has 186 valence electrons. The smallest absolute Gasteiger partial charge is 0.336 e. The van der Waals surface area contributed by atoms with Gasteiger partial charge in [0.25, 0.3) is 5.24 Å². The van der Waals surface area contributed by atoms with Crippen LogP contribution in [0.5, 0.6) is 11.5 Å². The van der Waals surface area contributed by atoms with Gasteiger partial charge in [-0.15, -0.1) is 0 Å². The van der Waals surface area contributed by atoms with Crippen LogP contribution in [-0.2, 0) is 13.1 Å². The fourth-order valence-electron chi connectivity index (χ4n) is 3.61. The molecule has 0 aliphatic heterocycles. The molecule has 0 atom stereocenters. The number of hydrogen-bond donors (Lipinski definition) is 2. The molecular formula is C29H23NO6S. The van der Waals surface area contributed by atoms with Crippen molar-refractivity contribution in [3.8, 4) is 11.5 Å². The van der Waals surface area contributed by atoms with E-state index >= 15 is 0 Å². The number of amides is 1. The van der Waals surface area contributed by atoms with Crippen molar-refractivity contribution in [1.29, 1.82) is 0 Å². The zero-order chi connectivity index (χ0) is 26.2. The lowest BCUT2D eigenvalue weighted by Gasteiger charge is -2.23. The molecule has 4 aromatic carbocycles. The summed E-state index contributed by atoms with van der Waals surface area (Å²) in [6, 6.07) is 30.3. The van der Waals surface area contributed by atoms with Crippen LogP contribution >= 0.6 is 11.8 Å². The first-order valence-electron chi connectivity index (χ1n) is 11.3. The lowest BCUT2D eigenvalue weighted by molar-refractivity contribution is 0.0651. The van der Waals surface area contributed by atoms with E-state index in [9.17, 15) is 24.6 Å². The van der Waals surface area contributed by atoms with E-state index in [1.807, 2.05) is 84.9 Å². The minimum absolute atomic E-state index is 0.298. The van der Waals surface area contributed by atoms with Gasteiger partial charge in [0.1, 0.15) is 11.5 Å². The summed E-state index contributed by atoms with van der Waals surface area (Å²) in [5.41, 5.74) is 1.13. The second kappa shape index (κ2) is 11.9. The summed E-state index contributed by atoms with van der Waals surface area (Å²) in [6.07, 6.45) is 0. The van der Waals surface area contributed by atoms with Gasteiger partial charge in [-0.1, -0.05) is 60.7 Å². The van der Waals surface area contributed by atoms with Gasteiger partial charge in [-0.05, 0) is 65.4 Å². The Hall–Kier alpha value is -4.56. The van der Waals surface area contributed by atoms with Gasteiger partial charge in [-0.3, -0.25) is 4.79 Å². The highest BCUT2D eigenvalue weighted by atomic mass is 32.2. The third-order valence-electron chi connectivity index (χ3n) is 5.41. The number of thioether (sulfide) groups is 1. The number of carbonyl (C=O) groups is 3. The molecule has 0 spiro atoms. The second-order valence-electron chi connectivity index (χ2n) is 8.09. The van der Waals surface area contributed by atoms with Gasteiger partial charge in [-0.25, -0.2) is 9.59 Å². The molecule has 8 heteroatoms. The number of rotatable bonds is 9. The van der Waals surface area contributed by atoms with Crippen molar-refractivity contribution in [3.05, 3.63) is 125 Å². The molecule has 4 aromatic rings. The van der Waals surface area contributed by atoms with Crippen LogP contribution in [0.1, 0.15) is 31.8 Å². The zero-order valence-electron chi connectivity index (χ0n) is 19.6. The third-order valence-corrected chi connectivity index (χ3v) is 6.33. The lowest BCUT2D eigenvalue weighted by atomic mass is 10.1. The number of aromatic carboxylic acids is 2. The quantitative estimate of drug-likeness (QED) is 0.237. The minimum Gasteiger partial charge on any atom is -0.478 e. The number of carbonyl (C=O) groups excluding carboxylic acids is 1. The predicted molar refractivity (Wildman–Crippen MR) is 140 cm³/mol. The summed E-state index contributed by atoms with van der Waals surface area (Å²) < 4.78 is 5.84. The number of ether oxygens (including phenoxy) is 1. The van der Waals surface area contributed by atoms with E-state index in [-0.39, 0.29) is 16.4 Å². The summed E-state index contributed by atoms with van der Waals surface area (Å²) in [4.78, 5) is 38.2. The van der Waals surface area contributed by atoms with Gasteiger partial charge >= 0.3 is 11.9 Å². The maximum Gasteiger partial charge on any atom is 0.336 e. The highest BCUT2D eigenvalue weighted by molar-refractivity contribution is 8.13. The average molecular weight is 514 g/mol. The number of para-hydroxylation sites is 1. The predicted octanol–water partition coefficient (Wildman–Crippen LogP) is 6.79. The molecule has 0 aromatic heterocycles. The Bertz CT molecular complexity index is 1390. The molecular weight excluding hydrogens is 490 g/mol. The first-order valence-corrected chi connectivity index (χ1v) is 12.1. The van der Waals surface area contributed by atoms with Crippen LogP contribution in [0.25, 0.3) is 0 Å². The Kier molecular flexibility index (Phi) is 8.22. The maximum absolute atomic E-state index is 13.3. The van der Waals surface area contributed by atoms with E-state index in [0.29, 0.717) is 23.7 Å². The summed E-state index contributed by atoms with van der Waals surface area (Å²) in [5.74, 6) is -1.32. The summed E-state index contributed by atoms with van der Waals surface area (Å²) in [7, 11) is 0. The van der Waals surface area contributed by atoms with Crippen LogP contribution in [0.15, 0.2) is 108 Å². The Labute approximate surface area is 217 Å². The number of nitrogens with zero attached hydrogens (tertiary/aromatic N) is 1. The van der Waals surface area contributed by atoms with Crippen LogP contribution in [0.2, 0.25) is 0 Å². The van der Waals surface area contributed by atoms with E-state index in [4.69, 9.17) is 4.74 Å². The first kappa shape index (κ1) is 25.5. The molecule has 0 aliphatic rings. The number of carboxylic acids is 2. The molecule has 0 fully saturated rings. The minimum atomic E-state index is -1.37. The third kappa shape index (κ3) is 6.99. The van der Waals surface area contributed by atoms with Gasteiger partial charge < -0.3 is 19.8 Å². The highest BCUT2D eigenvalue weighted by Crippen LogP contribution is 2.27. The summed E-state index contributed by atoms with van der Waals surface area (Å²) in [5, 5.41) is 18.4. The first-order chi connectivity index (χ1) is 17.9. The van der Waals surface area contributed by atoms with Crippen molar-refractivity contribution in [1.82, 2.24) is 4.90 Å². The average Bonchev–Trinajstić information content (AvgIpc) is 2.90. The molecule has 37 heavy (non-hydrogen) atoms. The lowest BCUT2D eigenvalue weighted by Crippen LogP contribution is -2.26. The zero-order valence-corrected chi connectivity index (χ0v) is 20.4. The number of hydrogen-bond acceptors (Lipinski definition) is 5. The summed E-state index contributed by atoms with van der Waals surface area (Å²) in [6.45, 7) is 0.652. The van der Waals surface area contributed by atoms with Crippen molar-refractivity contribution in [2.45, 2.75) is 18.0 Å². The Morgan fingerprint density at radius 1 is 0.649 bits per heavy atom. The molecule has 4 rings (SSSR count). The fraction of sp³-hybridized carbons (Fsp3) is 0.0690. The largest absolute Gasteiger partial charge is 0.478 e. The Balaban J connectivity index is 1.53. The Morgan fingerprint density at radius 2 is 1.19 bits per heavy atom. The Morgan fingerprint density at radius 3 is 1.78 bits per heavy atom. The van der Waals surface area contributed by atoms with E-state index in [1.165, 1.54) is 18.2 Å². The van der Waals surface area contributed by atoms with Gasteiger partial charge in [0.2, 0.25) is 0 Å². The van der Waals surface area contributed by atoms with Crippen molar-refractivity contribution < 1.29 is 29.3 Å². The molecule has 7 nitrogen and oxygen atoms in total. The van der Waals surface area contributed by atoms with Crippen LogP contribution in [0, 0.1) is 0 Å². The van der Waals surface area contributed by atoms with Gasteiger partial charge in [0, 0.05) is 18.0 Å². The van der Waals surface area contributed by atoms with Crippen LogP contribution in [0.4, 0.5) is 4.79 Å². The highest BCUT2D eigenvalue weighted by Gasteiger charge is 2.20. The van der Waals surface area contributed by atoms with E-state index in [0.717, 1.165) is 28.6 Å². The molecule has 1 amide bonds. The molecule has 2 N–H and O–H groups in total. The van der Waals surface area contributed by atoms with Gasteiger partial charge in [0.05, 0.1) is 11.1 Å². The van der Waals surface area contributed by atoms with E-state index in [1.54, 1.807) is 4.90 Å². The summed E-state index contributed by atoms with van der Waals surface area (Å²) >= 11 is 0.853. The molecule has 0 radical (unpaired) electrons. The molecule has 0 unspecified atom stereocenters. The number of carboxylic acid groups (broad SMARTS) is 2. The van der Waals surface area contributed by atoms with Gasteiger partial charge in [-0.2, -0.15) is 0 Å². The maximum atomic E-state index is 13.3. The second-order valence-corrected chi connectivity index (χ2v) is 9.11. The normalized spacial score (nSPS) is 10.5. The monoisotopic (exact) mass is 513 g/mol. The molecule has 0 bridgehead atoms.